The lowest BCUT2D eigenvalue weighted by molar-refractivity contribution is 0.101. The van der Waals surface area contributed by atoms with E-state index in [2.05, 4.69) is 48.0 Å². The lowest BCUT2D eigenvalue weighted by Gasteiger charge is -2.31. The standard InChI is InChI=1S/C17H26BrNO/c1-11-6-12(2)8-16(7-11)20-15-4-5-17(18)14(10-15)9-13(3)19/h4-5,10-13,16H,6-9,19H2,1-3H3. The summed E-state index contributed by atoms with van der Waals surface area (Å²) in [5.41, 5.74) is 7.13. The molecule has 112 valence electrons. The quantitative estimate of drug-likeness (QED) is 0.873. The van der Waals surface area contributed by atoms with Crippen LogP contribution in [0, 0.1) is 11.8 Å². The van der Waals surface area contributed by atoms with Crippen molar-refractivity contribution in [2.24, 2.45) is 17.6 Å². The van der Waals surface area contributed by atoms with Crippen molar-refractivity contribution in [1.82, 2.24) is 0 Å². The Morgan fingerprint density at radius 2 is 1.90 bits per heavy atom. The normalized spacial score (nSPS) is 28.1. The van der Waals surface area contributed by atoms with E-state index >= 15 is 0 Å². The highest BCUT2D eigenvalue weighted by atomic mass is 79.9. The van der Waals surface area contributed by atoms with Crippen LogP contribution in [0.25, 0.3) is 0 Å². The number of benzene rings is 1. The molecule has 0 spiro atoms. The molecule has 1 saturated carbocycles. The van der Waals surface area contributed by atoms with Crippen molar-refractivity contribution in [3.8, 4) is 5.75 Å². The van der Waals surface area contributed by atoms with Gasteiger partial charge in [0.05, 0.1) is 6.10 Å². The van der Waals surface area contributed by atoms with E-state index in [0.717, 1.165) is 28.5 Å². The summed E-state index contributed by atoms with van der Waals surface area (Å²) in [5, 5.41) is 0. The van der Waals surface area contributed by atoms with Gasteiger partial charge in [-0.15, -0.1) is 0 Å². The summed E-state index contributed by atoms with van der Waals surface area (Å²) in [4.78, 5) is 0. The predicted molar refractivity (Wildman–Crippen MR) is 88.1 cm³/mol. The number of hydrogen-bond acceptors (Lipinski definition) is 2. The molecule has 1 aliphatic rings. The van der Waals surface area contributed by atoms with E-state index in [1.807, 2.05) is 6.92 Å². The fourth-order valence-corrected chi connectivity index (χ4v) is 3.70. The molecule has 1 fully saturated rings. The summed E-state index contributed by atoms with van der Waals surface area (Å²) in [5.74, 6) is 2.51. The lowest BCUT2D eigenvalue weighted by atomic mass is 9.82. The van der Waals surface area contributed by atoms with Crippen molar-refractivity contribution in [3.63, 3.8) is 0 Å². The third-order valence-corrected chi connectivity index (χ3v) is 4.77. The second-order valence-corrected chi connectivity index (χ2v) is 7.45. The highest BCUT2D eigenvalue weighted by molar-refractivity contribution is 9.10. The van der Waals surface area contributed by atoms with Gasteiger partial charge in [0.15, 0.2) is 0 Å². The van der Waals surface area contributed by atoms with E-state index in [0.29, 0.717) is 6.10 Å². The minimum absolute atomic E-state index is 0.163. The van der Waals surface area contributed by atoms with Crippen LogP contribution in [0.3, 0.4) is 0 Å². The molecule has 0 amide bonds. The Bertz CT molecular complexity index is 437. The molecule has 0 aliphatic heterocycles. The van der Waals surface area contributed by atoms with Crippen LogP contribution in [-0.4, -0.2) is 12.1 Å². The van der Waals surface area contributed by atoms with Crippen LogP contribution >= 0.6 is 15.9 Å². The number of nitrogens with two attached hydrogens (primary N) is 1. The van der Waals surface area contributed by atoms with Crippen molar-refractivity contribution < 1.29 is 4.74 Å². The Balaban J connectivity index is 2.05. The molecule has 1 aromatic carbocycles. The van der Waals surface area contributed by atoms with Crippen LogP contribution in [0.4, 0.5) is 0 Å². The maximum Gasteiger partial charge on any atom is 0.120 e. The van der Waals surface area contributed by atoms with Gasteiger partial charge in [-0.2, -0.15) is 0 Å². The zero-order chi connectivity index (χ0) is 14.7. The first-order valence-corrected chi connectivity index (χ1v) is 8.44. The molecule has 1 aliphatic carbocycles. The van der Waals surface area contributed by atoms with Gasteiger partial charge in [-0.1, -0.05) is 29.8 Å². The monoisotopic (exact) mass is 339 g/mol. The minimum Gasteiger partial charge on any atom is -0.490 e. The van der Waals surface area contributed by atoms with Crippen molar-refractivity contribution in [2.45, 2.75) is 58.6 Å². The average molecular weight is 340 g/mol. The van der Waals surface area contributed by atoms with Crippen LogP contribution in [-0.2, 0) is 6.42 Å². The van der Waals surface area contributed by atoms with Gasteiger partial charge in [0.2, 0.25) is 0 Å². The molecule has 2 nitrogen and oxygen atoms in total. The molecule has 3 atom stereocenters. The fraction of sp³-hybridized carbons (Fsp3) is 0.647. The van der Waals surface area contributed by atoms with E-state index in [1.165, 1.54) is 24.8 Å². The zero-order valence-corrected chi connectivity index (χ0v) is 14.3. The van der Waals surface area contributed by atoms with Crippen LogP contribution in [0.5, 0.6) is 5.75 Å². The minimum atomic E-state index is 0.163. The Kier molecular flexibility index (Phi) is 5.50. The Hall–Kier alpha value is -0.540. The fourth-order valence-electron chi connectivity index (χ4n) is 3.29. The second kappa shape index (κ2) is 6.95. The summed E-state index contributed by atoms with van der Waals surface area (Å²) in [6, 6.07) is 6.43. The molecule has 0 bridgehead atoms. The SMILES string of the molecule is CC(N)Cc1cc(OC2CC(C)CC(C)C2)ccc1Br. The molecule has 1 aromatic rings. The highest BCUT2D eigenvalue weighted by Gasteiger charge is 2.25. The van der Waals surface area contributed by atoms with Crippen molar-refractivity contribution in [3.05, 3.63) is 28.2 Å². The number of halogens is 1. The molecule has 3 unspecified atom stereocenters. The van der Waals surface area contributed by atoms with Gasteiger partial charge in [0, 0.05) is 10.5 Å². The van der Waals surface area contributed by atoms with E-state index in [4.69, 9.17) is 10.5 Å². The largest absolute Gasteiger partial charge is 0.490 e. The van der Waals surface area contributed by atoms with Crippen LogP contribution in [0.15, 0.2) is 22.7 Å². The van der Waals surface area contributed by atoms with Gasteiger partial charge in [0.25, 0.3) is 0 Å². The molecular formula is C17H26BrNO. The third-order valence-electron chi connectivity index (χ3n) is 4.00. The topological polar surface area (TPSA) is 35.2 Å². The van der Waals surface area contributed by atoms with Crippen LogP contribution in [0.2, 0.25) is 0 Å². The lowest BCUT2D eigenvalue weighted by Crippen LogP contribution is -2.28. The first-order chi connectivity index (χ1) is 9.44. The van der Waals surface area contributed by atoms with Crippen molar-refractivity contribution in [2.75, 3.05) is 0 Å². The van der Waals surface area contributed by atoms with Crippen molar-refractivity contribution in [1.29, 1.82) is 0 Å². The van der Waals surface area contributed by atoms with E-state index in [-0.39, 0.29) is 6.04 Å². The van der Waals surface area contributed by atoms with Gasteiger partial charge in [-0.05, 0) is 68.2 Å². The summed E-state index contributed by atoms with van der Waals surface area (Å²) in [6.07, 6.45) is 4.90. The molecule has 0 radical (unpaired) electrons. The summed E-state index contributed by atoms with van der Waals surface area (Å²) in [6.45, 7) is 6.69. The highest BCUT2D eigenvalue weighted by Crippen LogP contribution is 2.32. The van der Waals surface area contributed by atoms with Gasteiger partial charge >= 0.3 is 0 Å². The molecule has 20 heavy (non-hydrogen) atoms. The molecule has 3 heteroatoms. The maximum atomic E-state index is 6.21. The van der Waals surface area contributed by atoms with Gasteiger partial charge in [-0.25, -0.2) is 0 Å². The van der Waals surface area contributed by atoms with Crippen molar-refractivity contribution >= 4 is 15.9 Å². The molecule has 0 heterocycles. The number of hydrogen-bond donors (Lipinski definition) is 1. The average Bonchev–Trinajstić information content (AvgIpc) is 2.31. The molecule has 0 aromatic heterocycles. The first kappa shape index (κ1) is 15.8. The molecule has 2 N–H and O–H groups in total. The first-order valence-electron chi connectivity index (χ1n) is 7.64. The Labute approximate surface area is 131 Å². The second-order valence-electron chi connectivity index (χ2n) is 6.59. The van der Waals surface area contributed by atoms with Crippen LogP contribution < -0.4 is 10.5 Å². The molecule has 0 saturated heterocycles. The number of rotatable bonds is 4. The van der Waals surface area contributed by atoms with E-state index in [9.17, 15) is 0 Å². The maximum absolute atomic E-state index is 6.21. The summed E-state index contributed by atoms with van der Waals surface area (Å²) in [7, 11) is 0. The van der Waals surface area contributed by atoms with E-state index < -0.39 is 0 Å². The molecule has 2 rings (SSSR count). The van der Waals surface area contributed by atoms with Gasteiger partial charge in [0.1, 0.15) is 5.75 Å². The Morgan fingerprint density at radius 1 is 1.25 bits per heavy atom. The van der Waals surface area contributed by atoms with E-state index in [1.54, 1.807) is 0 Å². The number of ether oxygens (including phenoxy) is 1. The summed E-state index contributed by atoms with van der Waals surface area (Å²) < 4.78 is 7.33. The zero-order valence-electron chi connectivity index (χ0n) is 12.7. The van der Waals surface area contributed by atoms with Crippen LogP contribution in [0.1, 0.15) is 45.6 Å². The predicted octanol–water partition coefficient (Wildman–Crippen LogP) is 4.54. The van der Waals surface area contributed by atoms with Gasteiger partial charge < -0.3 is 10.5 Å². The molecular weight excluding hydrogens is 314 g/mol. The Morgan fingerprint density at radius 3 is 2.50 bits per heavy atom. The summed E-state index contributed by atoms with van der Waals surface area (Å²) >= 11 is 3.59. The third kappa shape index (κ3) is 4.49. The van der Waals surface area contributed by atoms with Gasteiger partial charge in [-0.3, -0.25) is 0 Å². The smallest absolute Gasteiger partial charge is 0.120 e.